The topological polar surface area (TPSA) is 55.1 Å². The molecule has 0 aromatic carbocycles. The molecule has 3 heterocycles. The van der Waals surface area contributed by atoms with Crippen LogP contribution in [0.4, 0.5) is 5.69 Å². The first kappa shape index (κ1) is 17.6. The second-order valence-corrected chi connectivity index (χ2v) is 6.09. The summed E-state index contributed by atoms with van der Waals surface area (Å²) >= 11 is 0. The molecule has 3 aromatic heterocycles. The molecule has 0 aliphatic rings. The lowest BCUT2D eigenvalue weighted by Crippen LogP contribution is -2.18. The van der Waals surface area contributed by atoms with Crippen LogP contribution < -0.4 is 5.32 Å². The third-order valence-corrected chi connectivity index (χ3v) is 4.15. The van der Waals surface area contributed by atoms with Crippen LogP contribution in [0.1, 0.15) is 29.6 Å². The van der Waals surface area contributed by atoms with Crippen molar-refractivity contribution in [2.24, 2.45) is 12.0 Å². The number of amidine groups is 1. The molecule has 132 valence electrons. The van der Waals surface area contributed by atoms with E-state index in [-0.39, 0.29) is 0 Å². The van der Waals surface area contributed by atoms with Crippen LogP contribution in [-0.4, -0.2) is 20.4 Å². The predicted molar refractivity (Wildman–Crippen MR) is 107 cm³/mol. The van der Waals surface area contributed by atoms with Gasteiger partial charge in [0.15, 0.2) is 5.84 Å². The molecular weight excluding hydrogens is 322 g/mol. The highest BCUT2D eigenvalue weighted by Crippen LogP contribution is 2.18. The maximum atomic E-state index is 4.79. The quantitative estimate of drug-likeness (QED) is 0.556. The van der Waals surface area contributed by atoms with Crippen LogP contribution in [0.15, 0.2) is 66.6 Å². The van der Waals surface area contributed by atoms with E-state index in [9.17, 15) is 0 Å². The van der Waals surface area contributed by atoms with Crippen molar-refractivity contribution in [3.05, 3.63) is 84.2 Å². The van der Waals surface area contributed by atoms with E-state index in [0.717, 1.165) is 40.6 Å². The predicted octanol–water partition coefficient (Wildman–Crippen LogP) is 4.22. The van der Waals surface area contributed by atoms with E-state index in [2.05, 4.69) is 41.8 Å². The van der Waals surface area contributed by atoms with Gasteiger partial charge in [0.2, 0.25) is 0 Å². The highest BCUT2D eigenvalue weighted by atomic mass is 15.1. The van der Waals surface area contributed by atoms with Crippen LogP contribution in [0.2, 0.25) is 0 Å². The van der Waals surface area contributed by atoms with E-state index in [4.69, 9.17) is 4.99 Å². The third-order valence-electron chi connectivity index (χ3n) is 4.15. The van der Waals surface area contributed by atoms with Crippen molar-refractivity contribution in [2.45, 2.75) is 20.3 Å². The van der Waals surface area contributed by atoms with Gasteiger partial charge in [-0.1, -0.05) is 19.6 Å². The van der Waals surface area contributed by atoms with Gasteiger partial charge in [0.1, 0.15) is 0 Å². The largest absolute Gasteiger partial charge is 0.348 e. The molecular formula is C21H23N5. The Labute approximate surface area is 154 Å². The van der Waals surface area contributed by atoms with Gasteiger partial charge in [0.25, 0.3) is 0 Å². The van der Waals surface area contributed by atoms with Gasteiger partial charge in [0.05, 0.1) is 17.1 Å². The maximum Gasteiger partial charge on any atom is 0.155 e. The standard InChI is InChI=1S/C21H23N5/c1-5-17-7-6-8-19(24-17)16(3)23-21(20-15(2)11-14-26(20)4)25-18-9-12-22-13-10-18/h6-14H,3,5H2,1-2,4H3,(H,22,23,25). The van der Waals surface area contributed by atoms with Gasteiger partial charge < -0.3 is 9.88 Å². The molecule has 3 rings (SSSR count). The first-order valence-electron chi connectivity index (χ1n) is 8.61. The number of nitrogens with zero attached hydrogens (tertiary/aromatic N) is 4. The smallest absolute Gasteiger partial charge is 0.155 e. The highest BCUT2D eigenvalue weighted by Gasteiger charge is 2.13. The molecule has 5 heteroatoms. The lowest BCUT2D eigenvalue weighted by atomic mass is 10.2. The molecule has 0 atom stereocenters. The van der Waals surface area contributed by atoms with Gasteiger partial charge >= 0.3 is 0 Å². The number of anilines is 1. The summed E-state index contributed by atoms with van der Waals surface area (Å²) in [7, 11) is 2.00. The van der Waals surface area contributed by atoms with Gasteiger partial charge in [0, 0.05) is 37.0 Å². The second kappa shape index (κ2) is 7.78. The molecule has 0 saturated carbocycles. The minimum Gasteiger partial charge on any atom is -0.348 e. The van der Waals surface area contributed by atoms with Crippen molar-refractivity contribution in [3.63, 3.8) is 0 Å². The van der Waals surface area contributed by atoms with Crippen LogP contribution in [-0.2, 0) is 13.5 Å². The Morgan fingerprint density at radius 1 is 1.19 bits per heavy atom. The fourth-order valence-corrected chi connectivity index (χ4v) is 2.75. The van der Waals surface area contributed by atoms with Crippen molar-refractivity contribution >= 4 is 17.2 Å². The van der Waals surface area contributed by atoms with Crippen molar-refractivity contribution in [2.75, 3.05) is 5.32 Å². The fraction of sp³-hybridized carbons (Fsp3) is 0.190. The summed E-state index contributed by atoms with van der Waals surface area (Å²) in [6.45, 7) is 8.29. The molecule has 0 aliphatic carbocycles. The summed E-state index contributed by atoms with van der Waals surface area (Å²) < 4.78 is 2.05. The first-order chi connectivity index (χ1) is 12.6. The Kier molecular flexibility index (Phi) is 5.27. The zero-order valence-electron chi connectivity index (χ0n) is 15.4. The molecule has 0 aliphatic heterocycles. The van der Waals surface area contributed by atoms with Gasteiger partial charge in [-0.15, -0.1) is 0 Å². The molecule has 0 fully saturated rings. The molecule has 0 spiro atoms. The molecule has 5 nitrogen and oxygen atoms in total. The van der Waals surface area contributed by atoms with Gasteiger partial charge in [-0.2, -0.15) is 0 Å². The Bertz CT molecular complexity index is 919. The van der Waals surface area contributed by atoms with E-state index in [1.807, 2.05) is 48.1 Å². The average molecular weight is 345 g/mol. The van der Waals surface area contributed by atoms with E-state index < -0.39 is 0 Å². The number of hydrogen-bond acceptors (Lipinski definition) is 3. The SMILES string of the molecule is C=C(/N=C(/Nc1ccncc1)c1c(C)ccn1C)c1cccc(CC)n1. The summed E-state index contributed by atoms with van der Waals surface area (Å²) in [6.07, 6.45) is 6.40. The summed E-state index contributed by atoms with van der Waals surface area (Å²) in [5.41, 5.74) is 5.49. The van der Waals surface area contributed by atoms with Crippen molar-refractivity contribution < 1.29 is 0 Å². The summed E-state index contributed by atoms with van der Waals surface area (Å²) in [6, 6.07) is 11.8. The number of aryl methyl sites for hydroxylation is 3. The number of nitrogens with one attached hydrogen (secondary N) is 1. The summed E-state index contributed by atoms with van der Waals surface area (Å²) in [5, 5.41) is 3.39. The lowest BCUT2D eigenvalue weighted by molar-refractivity contribution is 0.910. The minimum atomic E-state index is 0.623. The third kappa shape index (κ3) is 3.88. The molecule has 0 radical (unpaired) electrons. The van der Waals surface area contributed by atoms with Crippen LogP contribution >= 0.6 is 0 Å². The Balaban J connectivity index is 2.02. The van der Waals surface area contributed by atoms with Crippen molar-refractivity contribution in [3.8, 4) is 0 Å². The number of hydrogen-bond donors (Lipinski definition) is 1. The van der Waals surface area contributed by atoms with E-state index in [0.29, 0.717) is 5.70 Å². The average Bonchev–Trinajstić information content (AvgIpc) is 3.00. The van der Waals surface area contributed by atoms with E-state index >= 15 is 0 Å². The fourth-order valence-electron chi connectivity index (χ4n) is 2.75. The van der Waals surface area contributed by atoms with Crippen LogP contribution in [0, 0.1) is 6.92 Å². The van der Waals surface area contributed by atoms with Crippen molar-refractivity contribution in [1.29, 1.82) is 0 Å². The second-order valence-electron chi connectivity index (χ2n) is 6.09. The Morgan fingerprint density at radius 2 is 1.96 bits per heavy atom. The van der Waals surface area contributed by atoms with Crippen molar-refractivity contribution in [1.82, 2.24) is 14.5 Å². The lowest BCUT2D eigenvalue weighted by Gasteiger charge is -2.13. The molecule has 26 heavy (non-hydrogen) atoms. The van der Waals surface area contributed by atoms with E-state index in [1.54, 1.807) is 12.4 Å². The van der Waals surface area contributed by atoms with Crippen LogP contribution in [0.25, 0.3) is 5.70 Å². The number of rotatable bonds is 5. The maximum absolute atomic E-state index is 4.79. The molecule has 0 bridgehead atoms. The number of aromatic nitrogens is 3. The summed E-state index contributed by atoms with van der Waals surface area (Å²) in [4.78, 5) is 13.5. The zero-order chi connectivity index (χ0) is 18.5. The van der Waals surface area contributed by atoms with E-state index in [1.165, 1.54) is 0 Å². The highest BCUT2D eigenvalue weighted by molar-refractivity contribution is 6.10. The van der Waals surface area contributed by atoms with Gasteiger partial charge in [-0.3, -0.25) is 9.97 Å². The van der Waals surface area contributed by atoms with Gasteiger partial charge in [-0.05, 0) is 49.2 Å². The minimum absolute atomic E-state index is 0.623. The zero-order valence-corrected chi connectivity index (χ0v) is 15.4. The molecule has 0 saturated heterocycles. The molecule has 1 N–H and O–H groups in total. The molecule has 0 amide bonds. The van der Waals surface area contributed by atoms with Gasteiger partial charge in [-0.25, -0.2) is 4.99 Å². The molecule has 0 unspecified atom stereocenters. The normalized spacial score (nSPS) is 11.4. The Morgan fingerprint density at radius 3 is 2.62 bits per heavy atom. The monoisotopic (exact) mass is 345 g/mol. The van der Waals surface area contributed by atoms with Crippen LogP contribution in [0.3, 0.4) is 0 Å². The van der Waals surface area contributed by atoms with Crippen LogP contribution in [0.5, 0.6) is 0 Å². The Hall–Kier alpha value is -3.21. The number of aliphatic imine (C=N–C) groups is 1. The molecule has 3 aromatic rings. The summed E-state index contributed by atoms with van der Waals surface area (Å²) in [5.74, 6) is 0.731. The number of pyridine rings is 2. The first-order valence-corrected chi connectivity index (χ1v) is 8.61.